The second-order valence-corrected chi connectivity index (χ2v) is 8.50. The molecular weight excluding hydrogens is 292 g/mol. The fourth-order valence-electron chi connectivity index (χ4n) is 1.20. The standard InChI is InChI=1S/C10H15BrN2O2S/c1-7(16(14,15)10(2,3)4)9-12-5-8(11)6-13-9/h5-7H,1-4H3/t7-/m0/s1. The number of sulfone groups is 1. The van der Waals surface area contributed by atoms with Crippen LogP contribution in [-0.4, -0.2) is 23.1 Å². The number of nitrogens with zero attached hydrogens (tertiary/aromatic N) is 2. The van der Waals surface area contributed by atoms with Crippen molar-refractivity contribution >= 4 is 25.8 Å². The molecule has 0 spiro atoms. The average molecular weight is 307 g/mol. The summed E-state index contributed by atoms with van der Waals surface area (Å²) in [6.45, 7) is 6.65. The third-order valence-electron chi connectivity index (χ3n) is 2.32. The van der Waals surface area contributed by atoms with Gasteiger partial charge < -0.3 is 0 Å². The molecule has 0 bridgehead atoms. The molecule has 1 aromatic heterocycles. The van der Waals surface area contributed by atoms with Crippen LogP contribution in [0, 0.1) is 0 Å². The van der Waals surface area contributed by atoms with Crippen LogP contribution in [0.4, 0.5) is 0 Å². The van der Waals surface area contributed by atoms with E-state index < -0.39 is 19.8 Å². The smallest absolute Gasteiger partial charge is 0.165 e. The molecule has 0 aromatic carbocycles. The van der Waals surface area contributed by atoms with E-state index in [0.717, 1.165) is 4.47 Å². The molecule has 0 N–H and O–H groups in total. The molecule has 0 aliphatic heterocycles. The zero-order chi connectivity index (χ0) is 12.6. The van der Waals surface area contributed by atoms with Gasteiger partial charge in [-0.05, 0) is 43.6 Å². The summed E-state index contributed by atoms with van der Waals surface area (Å²) in [5.41, 5.74) is 0. The maximum absolute atomic E-state index is 12.1. The van der Waals surface area contributed by atoms with Crippen LogP contribution in [0.25, 0.3) is 0 Å². The van der Waals surface area contributed by atoms with Crippen LogP contribution in [0.3, 0.4) is 0 Å². The van der Waals surface area contributed by atoms with E-state index in [1.54, 1.807) is 40.1 Å². The SMILES string of the molecule is C[C@@H](c1ncc(Br)cn1)S(=O)(=O)C(C)(C)C. The molecule has 0 saturated heterocycles. The normalized spacial score (nSPS) is 14.8. The molecular formula is C10H15BrN2O2S. The van der Waals surface area contributed by atoms with Crippen molar-refractivity contribution in [3.8, 4) is 0 Å². The highest BCUT2D eigenvalue weighted by atomic mass is 79.9. The largest absolute Gasteiger partial charge is 0.239 e. The van der Waals surface area contributed by atoms with Gasteiger partial charge in [0, 0.05) is 12.4 Å². The fraction of sp³-hybridized carbons (Fsp3) is 0.600. The average Bonchev–Trinajstić information content (AvgIpc) is 2.16. The molecule has 6 heteroatoms. The number of hydrogen-bond donors (Lipinski definition) is 0. The predicted molar refractivity (Wildman–Crippen MR) is 66.8 cm³/mol. The highest BCUT2D eigenvalue weighted by Crippen LogP contribution is 2.29. The summed E-state index contributed by atoms with van der Waals surface area (Å²) < 4.78 is 24.2. The predicted octanol–water partition coefficient (Wildman–Crippen LogP) is 2.51. The van der Waals surface area contributed by atoms with Crippen molar-refractivity contribution in [2.45, 2.75) is 37.7 Å². The Labute approximate surface area is 105 Å². The lowest BCUT2D eigenvalue weighted by Crippen LogP contribution is -2.32. The fourth-order valence-corrected chi connectivity index (χ4v) is 2.87. The molecule has 16 heavy (non-hydrogen) atoms. The highest BCUT2D eigenvalue weighted by molar-refractivity contribution is 9.10. The zero-order valence-corrected chi connectivity index (χ0v) is 12.1. The van der Waals surface area contributed by atoms with E-state index in [2.05, 4.69) is 25.9 Å². The van der Waals surface area contributed by atoms with E-state index in [-0.39, 0.29) is 0 Å². The first-order valence-electron chi connectivity index (χ1n) is 4.87. The highest BCUT2D eigenvalue weighted by Gasteiger charge is 2.36. The zero-order valence-electron chi connectivity index (χ0n) is 9.73. The van der Waals surface area contributed by atoms with Crippen molar-refractivity contribution < 1.29 is 8.42 Å². The van der Waals surface area contributed by atoms with Gasteiger partial charge in [-0.25, -0.2) is 18.4 Å². The lowest BCUT2D eigenvalue weighted by Gasteiger charge is -2.23. The van der Waals surface area contributed by atoms with Crippen molar-refractivity contribution in [3.63, 3.8) is 0 Å². The van der Waals surface area contributed by atoms with Crippen LogP contribution in [0.15, 0.2) is 16.9 Å². The molecule has 0 amide bonds. The van der Waals surface area contributed by atoms with Crippen molar-refractivity contribution in [1.82, 2.24) is 9.97 Å². The Morgan fingerprint density at radius 1 is 1.25 bits per heavy atom. The lowest BCUT2D eigenvalue weighted by molar-refractivity contribution is 0.546. The Hall–Kier alpha value is -0.490. The maximum atomic E-state index is 12.1. The molecule has 1 rings (SSSR count). The molecule has 1 aromatic rings. The molecule has 0 saturated carbocycles. The number of rotatable bonds is 2. The van der Waals surface area contributed by atoms with E-state index in [1.165, 1.54) is 0 Å². The molecule has 0 aliphatic rings. The molecule has 1 heterocycles. The number of halogens is 1. The summed E-state index contributed by atoms with van der Waals surface area (Å²) >= 11 is 3.21. The first-order chi connectivity index (χ1) is 7.16. The minimum Gasteiger partial charge on any atom is -0.239 e. The maximum Gasteiger partial charge on any atom is 0.165 e. The Morgan fingerprint density at radius 2 is 1.69 bits per heavy atom. The van der Waals surface area contributed by atoms with Crippen LogP contribution in [0.1, 0.15) is 38.8 Å². The Bertz CT molecular complexity index is 463. The van der Waals surface area contributed by atoms with Gasteiger partial charge in [0.1, 0.15) is 11.1 Å². The van der Waals surface area contributed by atoms with Crippen LogP contribution >= 0.6 is 15.9 Å². The summed E-state index contributed by atoms with van der Waals surface area (Å²) in [6.07, 6.45) is 3.11. The van der Waals surface area contributed by atoms with Gasteiger partial charge in [0.2, 0.25) is 0 Å². The molecule has 90 valence electrons. The van der Waals surface area contributed by atoms with Gasteiger partial charge in [-0.3, -0.25) is 0 Å². The number of hydrogen-bond acceptors (Lipinski definition) is 4. The third kappa shape index (κ3) is 2.60. The van der Waals surface area contributed by atoms with Gasteiger partial charge in [0.25, 0.3) is 0 Å². The molecule has 0 aliphatic carbocycles. The van der Waals surface area contributed by atoms with Crippen molar-refractivity contribution in [2.24, 2.45) is 0 Å². The van der Waals surface area contributed by atoms with Crippen LogP contribution in [0.5, 0.6) is 0 Å². The van der Waals surface area contributed by atoms with Crippen LogP contribution in [0.2, 0.25) is 0 Å². The van der Waals surface area contributed by atoms with E-state index >= 15 is 0 Å². The van der Waals surface area contributed by atoms with E-state index in [4.69, 9.17) is 0 Å². The molecule has 0 unspecified atom stereocenters. The Balaban J connectivity index is 3.13. The second-order valence-electron chi connectivity index (χ2n) is 4.56. The van der Waals surface area contributed by atoms with Crippen molar-refractivity contribution in [1.29, 1.82) is 0 Å². The minimum absolute atomic E-state index is 0.332. The first-order valence-corrected chi connectivity index (χ1v) is 7.21. The lowest BCUT2D eigenvalue weighted by atomic mass is 10.3. The Kier molecular flexibility index (Phi) is 3.74. The van der Waals surface area contributed by atoms with Gasteiger partial charge in [-0.1, -0.05) is 0 Å². The van der Waals surface area contributed by atoms with Crippen LogP contribution in [-0.2, 0) is 9.84 Å². The van der Waals surface area contributed by atoms with Gasteiger partial charge in [-0.2, -0.15) is 0 Å². The number of aromatic nitrogens is 2. The minimum atomic E-state index is -3.28. The van der Waals surface area contributed by atoms with Gasteiger partial charge >= 0.3 is 0 Å². The van der Waals surface area contributed by atoms with Gasteiger partial charge in [-0.15, -0.1) is 0 Å². The van der Waals surface area contributed by atoms with Crippen LogP contribution < -0.4 is 0 Å². The summed E-state index contributed by atoms with van der Waals surface area (Å²) in [4.78, 5) is 8.04. The van der Waals surface area contributed by atoms with E-state index in [9.17, 15) is 8.42 Å². The quantitative estimate of drug-likeness (QED) is 0.842. The van der Waals surface area contributed by atoms with E-state index in [1.807, 2.05) is 0 Å². The summed E-state index contributed by atoms with van der Waals surface area (Å²) in [7, 11) is -3.28. The summed E-state index contributed by atoms with van der Waals surface area (Å²) in [5, 5.41) is -0.694. The topological polar surface area (TPSA) is 59.9 Å². The van der Waals surface area contributed by atoms with Gasteiger partial charge in [0.05, 0.1) is 9.22 Å². The summed E-state index contributed by atoms with van der Waals surface area (Å²) in [6, 6.07) is 0. The molecule has 4 nitrogen and oxygen atoms in total. The molecule has 1 atom stereocenters. The van der Waals surface area contributed by atoms with Crippen molar-refractivity contribution in [3.05, 3.63) is 22.7 Å². The molecule has 0 fully saturated rings. The second kappa shape index (κ2) is 4.41. The third-order valence-corrected chi connectivity index (χ3v) is 5.58. The van der Waals surface area contributed by atoms with Crippen molar-refractivity contribution in [2.75, 3.05) is 0 Å². The molecule has 0 radical (unpaired) electrons. The van der Waals surface area contributed by atoms with Gasteiger partial charge in [0.15, 0.2) is 9.84 Å². The Morgan fingerprint density at radius 3 is 2.06 bits per heavy atom. The monoisotopic (exact) mass is 306 g/mol. The summed E-state index contributed by atoms with van der Waals surface area (Å²) in [5.74, 6) is 0.332. The first kappa shape index (κ1) is 13.6. The van der Waals surface area contributed by atoms with E-state index in [0.29, 0.717) is 5.82 Å².